The molecule has 5 N–H and O–H groups in total. The number of nitrogens with one attached hydrogen (secondary N) is 3. The Hall–Kier alpha value is -3.44. The first-order valence-electron chi connectivity index (χ1n) is 12.4. The minimum Gasteiger partial charge on any atom is -0.400 e. The van der Waals surface area contributed by atoms with E-state index in [1.807, 2.05) is 6.92 Å². The highest BCUT2D eigenvalue weighted by molar-refractivity contribution is 6.00. The van der Waals surface area contributed by atoms with Crippen LogP contribution in [-0.2, 0) is 0 Å². The van der Waals surface area contributed by atoms with Gasteiger partial charge in [-0.3, -0.25) is 9.59 Å². The quantitative estimate of drug-likeness (QED) is 0.318. The van der Waals surface area contributed by atoms with Gasteiger partial charge < -0.3 is 30.7 Å². The molecule has 1 amide bonds. The average molecular weight is 500 g/mol. The van der Waals surface area contributed by atoms with Gasteiger partial charge in [-0.25, -0.2) is 4.98 Å². The highest BCUT2D eigenvalue weighted by Crippen LogP contribution is 2.28. The predicted octanol–water partition coefficient (Wildman–Crippen LogP) is 2.68. The van der Waals surface area contributed by atoms with E-state index in [4.69, 9.17) is 5.11 Å². The van der Waals surface area contributed by atoms with Crippen molar-refractivity contribution >= 4 is 28.9 Å². The molecule has 0 bridgehead atoms. The van der Waals surface area contributed by atoms with Crippen molar-refractivity contribution < 1.29 is 15.0 Å². The molecule has 0 aromatic carbocycles. The van der Waals surface area contributed by atoms with Crippen LogP contribution in [0.2, 0.25) is 0 Å². The lowest BCUT2D eigenvalue weighted by Gasteiger charge is -2.29. The van der Waals surface area contributed by atoms with E-state index in [2.05, 4.69) is 33.0 Å². The molecule has 0 aliphatic heterocycles. The fourth-order valence-electron chi connectivity index (χ4n) is 4.59. The van der Waals surface area contributed by atoms with Crippen LogP contribution in [0.1, 0.15) is 68.8 Å². The van der Waals surface area contributed by atoms with E-state index in [1.165, 1.54) is 6.20 Å². The smallest absolute Gasteiger partial charge is 0.274 e. The summed E-state index contributed by atoms with van der Waals surface area (Å²) in [7, 11) is 2.75. The zero-order chi connectivity index (χ0) is 26.2. The van der Waals surface area contributed by atoms with Crippen LogP contribution in [0.3, 0.4) is 0 Å². The molecule has 0 saturated heterocycles. The van der Waals surface area contributed by atoms with E-state index in [9.17, 15) is 14.7 Å². The molecule has 4 rings (SSSR count). The second-order valence-corrected chi connectivity index (χ2v) is 8.91. The zero-order valence-electron chi connectivity index (χ0n) is 21.4. The van der Waals surface area contributed by atoms with Gasteiger partial charge in [-0.05, 0) is 38.3 Å². The van der Waals surface area contributed by atoms with E-state index in [-0.39, 0.29) is 23.6 Å². The van der Waals surface area contributed by atoms with E-state index >= 15 is 0 Å². The number of carbonyl (C=O) groups is 1. The molecule has 0 radical (unpaired) electrons. The Morgan fingerprint density at radius 2 is 2.03 bits per heavy atom. The van der Waals surface area contributed by atoms with Crippen LogP contribution < -0.4 is 21.5 Å². The molecule has 11 heteroatoms. The highest BCUT2D eigenvalue weighted by Gasteiger charge is 2.26. The molecule has 196 valence electrons. The lowest BCUT2D eigenvalue weighted by atomic mass is 9.92. The van der Waals surface area contributed by atoms with Gasteiger partial charge in [-0.2, -0.15) is 9.61 Å². The van der Waals surface area contributed by atoms with E-state index in [0.29, 0.717) is 35.0 Å². The number of nitrogens with zero attached hydrogens (tertiary/aromatic N) is 4. The monoisotopic (exact) mass is 499 g/mol. The first-order chi connectivity index (χ1) is 17.4. The maximum absolute atomic E-state index is 13.2. The van der Waals surface area contributed by atoms with Crippen LogP contribution in [0.5, 0.6) is 0 Å². The molecule has 36 heavy (non-hydrogen) atoms. The Morgan fingerprint density at radius 1 is 1.28 bits per heavy atom. The topological polar surface area (TPSA) is 146 Å². The lowest BCUT2D eigenvalue weighted by molar-refractivity contribution is 0.0739. The van der Waals surface area contributed by atoms with Crippen molar-refractivity contribution in [2.24, 2.45) is 0 Å². The van der Waals surface area contributed by atoms with Crippen LogP contribution in [0.25, 0.3) is 5.65 Å². The Morgan fingerprint density at radius 3 is 2.72 bits per heavy atom. The van der Waals surface area contributed by atoms with Crippen molar-refractivity contribution in [1.82, 2.24) is 24.5 Å². The summed E-state index contributed by atoms with van der Waals surface area (Å²) in [6.07, 6.45) is 7.96. The maximum Gasteiger partial charge on any atom is 0.274 e. The Balaban J connectivity index is 0.00000176. The molecule has 3 heterocycles. The summed E-state index contributed by atoms with van der Waals surface area (Å²) in [6.45, 7) is 4.04. The van der Waals surface area contributed by atoms with Gasteiger partial charge >= 0.3 is 0 Å². The van der Waals surface area contributed by atoms with Crippen molar-refractivity contribution in [2.45, 2.75) is 70.6 Å². The summed E-state index contributed by atoms with van der Waals surface area (Å²) in [5.41, 5.74) is 0.871. The molecule has 1 saturated carbocycles. The number of pyridine rings is 1. The number of aliphatic hydroxyl groups excluding tert-OH is 2. The summed E-state index contributed by atoms with van der Waals surface area (Å²) in [5.74, 6) is 0.787. The van der Waals surface area contributed by atoms with Crippen LogP contribution >= 0.6 is 0 Å². The minimum atomic E-state index is -0.532. The number of rotatable bonds is 8. The van der Waals surface area contributed by atoms with Crippen molar-refractivity contribution in [2.75, 3.05) is 24.8 Å². The van der Waals surface area contributed by atoms with E-state index < -0.39 is 6.10 Å². The summed E-state index contributed by atoms with van der Waals surface area (Å²) in [4.78, 5) is 30.7. The van der Waals surface area contributed by atoms with Gasteiger partial charge in [0.2, 0.25) is 0 Å². The zero-order valence-corrected chi connectivity index (χ0v) is 21.4. The van der Waals surface area contributed by atoms with Crippen LogP contribution in [0.15, 0.2) is 35.4 Å². The van der Waals surface area contributed by atoms with Crippen molar-refractivity contribution in [3.8, 4) is 0 Å². The summed E-state index contributed by atoms with van der Waals surface area (Å²) >= 11 is 0. The summed E-state index contributed by atoms with van der Waals surface area (Å²) in [6, 6.07) is 5.01. The van der Waals surface area contributed by atoms with Crippen molar-refractivity contribution in [3.63, 3.8) is 0 Å². The average Bonchev–Trinajstić information content (AvgIpc) is 3.31. The molecule has 3 aromatic heterocycles. The third kappa shape index (κ3) is 5.85. The Bertz CT molecular complexity index is 1220. The highest BCUT2D eigenvalue weighted by atomic mass is 16.3. The van der Waals surface area contributed by atoms with Gasteiger partial charge in [0.1, 0.15) is 22.9 Å². The Kier molecular flexibility index (Phi) is 9.43. The number of fused-ring (bicyclic) bond motifs is 1. The number of hydrogen-bond donors (Lipinski definition) is 5. The fraction of sp³-hybridized carbons (Fsp3) is 0.520. The second-order valence-electron chi connectivity index (χ2n) is 8.91. The number of aliphatic hydroxyl groups is 2. The molecule has 3 atom stereocenters. The Labute approximate surface area is 210 Å². The molecule has 3 aromatic rings. The van der Waals surface area contributed by atoms with Gasteiger partial charge in [-0.15, -0.1) is 0 Å². The first kappa shape index (κ1) is 27.2. The molecule has 11 nitrogen and oxygen atoms in total. The lowest BCUT2D eigenvalue weighted by Crippen LogP contribution is -2.34. The fourth-order valence-corrected chi connectivity index (χ4v) is 4.59. The van der Waals surface area contributed by atoms with Gasteiger partial charge in [0, 0.05) is 32.5 Å². The van der Waals surface area contributed by atoms with Crippen LogP contribution in [0.4, 0.5) is 17.3 Å². The number of anilines is 3. The number of amides is 1. The number of hydrogen-bond acceptors (Lipinski definition) is 8. The number of aromatic nitrogens is 4. The molecule has 1 aliphatic rings. The van der Waals surface area contributed by atoms with E-state index in [0.717, 1.165) is 39.2 Å². The van der Waals surface area contributed by atoms with Crippen molar-refractivity contribution in [1.29, 1.82) is 0 Å². The number of carbonyl (C=O) groups excluding carboxylic acids is 1. The largest absolute Gasteiger partial charge is 0.400 e. The van der Waals surface area contributed by atoms with Gasteiger partial charge in [-0.1, -0.05) is 26.2 Å². The summed E-state index contributed by atoms with van der Waals surface area (Å²) in [5, 5.41) is 30.9. The van der Waals surface area contributed by atoms with Crippen LogP contribution in [-0.4, -0.2) is 61.6 Å². The van der Waals surface area contributed by atoms with Gasteiger partial charge in [0.05, 0.1) is 18.3 Å². The predicted molar refractivity (Wildman–Crippen MR) is 140 cm³/mol. The molecular weight excluding hydrogens is 462 g/mol. The summed E-state index contributed by atoms with van der Waals surface area (Å²) < 4.78 is 3.17. The van der Waals surface area contributed by atoms with Gasteiger partial charge in [0.15, 0.2) is 5.65 Å². The second kappa shape index (κ2) is 12.5. The maximum atomic E-state index is 13.2. The third-order valence-electron chi connectivity index (χ3n) is 6.36. The van der Waals surface area contributed by atoms with Gasteiger partial charge in [0.25, 0.3) is 11.5 Å². The third-order valence-corrected chi connectivity index (χ3v) is 6.36. The molecule has 3 unspecified atom stereocenters. The minimum absolute atomic E-state index is 0.0375. The van der Waals surface area contributed by atoms with Crippen LogP contribution in [0, 0.1) is 0 Å². The SMILES string of the molecule is CCCC(C)NC(=O)c1cnn2c(NC)cc(Nc3cccn(C4CCCCC4O)c3=O)nc12.CO. The van der Waals surface area contributed by atoms with E-state index in [1.54, 1.807) is 40.5 Å². The molecule has 1 fully saturated rings. The normalized spacial score (nSPS) is 18.2. The molecule has 0 spiro atoms. The standard InChI is InChI=1S/C24H33N7O3.CH4O/c1-4-8-15(2)27-23(33)16-14-26-31-21(25-3)13-20(29-22(16)31)28-17-9-7-12-30(24(17)34)18-10-5-6-11-19(18)32;1-2/h7,9,12-15,18-19,25,32H,4-6,8,10-11H2,1-3H3,(H,27,33)(H,28,29);2H,1H3. The molecule has 1 aliphatic carbocycles. The molecular formula is C25H37N7O4. The van der Waals surface area contributed by atoms with Crippen molar-refractivity contribution in [3.05, 3.63) is 46.5 Å². The first-order valence-corrected chi connectivity index (χ1v) is 12.4.